The molecule has 3 fully saturated rings. The van der Waals surface area contributed by atoms with Crippen molar-refractivity contribution in [3.05, 3.63) is 94.1 Å². The Morgan fingerprint density at radius 1 is 0.866 bits per heavy atom. The maximum Gasteiger partial charge on any atom is 0.290 e. The van der Waals surface area contributed by atoms with Crippen molar-refractivity contribution in [3.63, 3.8) is 0 Å². The molecular formula is C67H107N7O7S. The predicted molar refractivity (Wildman–Crippen MR) is 341 cm³/mol. The zero-order valence-corrected chi connectivity index (χ0v) is 53.8. The number of methoxy groups -OCH3 is 1. The molecule has 5 aromatic rings. The van der Waals surface area contributed by atoms with Crippen molar-refractivity contribution >= 4 is 46.9 Å². The minimum absolute atomic E-state index is 0.0747. The van der Waals surface area contributed by atoms with E-state index in [1.807, 2.05) is 56.4 Å². The Balaban J connectivity index is 0.000000728. The van der Waals surface area contributed by atoms with Crippen LogP contribution < -0.4 is 10.7 Å². The number of nitrogens with one attached hydrogen (secondary N) is 2. The van der Waals surface area contributed by atoms with Crippen LogP contribution in [0.5, 0.6) is 0 Å². The Morgan fingerprint density at radius 3 is 1.98 bits per heavy atom. The second kappa shape index (κ2) is 42.3. The fourth-order valence-electron chi connectivity index (χ4n) is 10.2. The Hall–Kier alpha value is -5.48. The topological polar surface area (TPSA) is 168 Å². The van der Waals surface area contributed by atoms with Crippen LogP contribution in [0.25, 0.3) is 33.4 Å². The molecule has 458 valence electrons. The molecule has 1 aliphatic carbocycles. The highest BCUT2D eigenvalue weighted by Crippen LogP contribution is 2.41. The van der Waals surface area contributed by atoms with Crippen molar-refractivity contribution < 1.29 is 33.8 Å². The quantitative estimate of drug-likeness (QED) is 0.0638. The van der Waals surface area contributed by atoms with Gasteiger partial charge in [0.15, 0.2) is 0 Å². The number of hydrazine groups is 1. The van der Waals surface area contributed by atoms with Crippen LogP contribution in [0.3, 0.4) is 0 Å². The van der Waals surface area contributed by atoms with Crippen molar-refractivity contribution in [2.45, 2.75) is 211 Å². The molecule has 3 atom stereocenters. The van der Waals surface area contributed by atoms with Crippen LogP contribution in [-0.4, -0.2) is 107 Å². The summed E-state index contributed by atoms with van der Waals surface area (Å²) in [5.74, 6) is 0.937. The number of hydrogen-bond donors (Lipinski definition) is 3. The first kappa shape index (κ1) is 72.6. The van der Waals surface area contributed by atoms with E-state index < -0.39 is 12.1 Å². The van der Waals surface area contributed by atoms with Crippen LogP contribution in [0.2, 0.25) is 0 Å². The molecule has 3 aromatic heterocycles. The van der Waals surface area contributed by atoms with Crippen LogP contribution in [0.4, 0.5) is 0 Å². The molecule has 3 unspecified atom stereocenters. The van der Waals surface area contributed by atoms with Crippen LogP contribution in [0, 0.1) is 17.8 Å². The van der Waals surface area contributed by atoms with Gasteiger partial charge >= 0.3 is 0 Å². The lowest BCUT2D eigenvalue weighted by molar-refractivity contribution is -0.142. The molecular weight excluding hydrogens is 1050 g/mol. The van der Waals surface area contributed by atoms with Crippen molar-refractivity contribution in [1.82, 2.24) is 35.2 Å². The number of aromatic nitrogens is 3. The number of rotatable bonds is 20. The standard InChI is InChI=1S/C44H61N7O4S.C6H6.C6H14.C4H8O.C4H10.C2H6.CH2O2/c1-8-14-30-22-35(40(45-25-30)29(5)55-7)42-34(21-28(3)4)33-23-32(17-18-38(33)50(42)9-2)37-26-56-39(47-37)24-36(44(54)51-20-13-12-19-46-51)48-43(53)41(49(6)27-52)31-15-10-11-16-31;1-2-4-6-5-3-1;1-4-5-6(2)3;1-2-4-5-3-1;1-3-4-2;1-2;2-1-3/h17-18,22-23,25-29,31,36,41,46H,8-16,19-21,24H2,1-7H3,(H,48,53);1-6H;6H,4-5H2,1-3H3;1-4H2;3-4H2,1-2H3;1-2H3;1H,(H,2,3). The lowest BCUT2D eigenvalue weighted by atomic mass is 9.93. The SMILES string of the molecule is C1CCOC1.CC.CCCC.CCCC(C)C.CCCc1cnc(C(C)OC)c(-c2c(CC(C)C)c3cc(-c4csc(CC(NC(=O)C(C5CCCC5)N(C)C=O)C(=O)N5CCCCN5)n4)ccc3n2CC)c1.O=CO.c1ccccc1. The highest BCUT2D eigenvalue weighted by atomic mass is 32.1. The summed E-state index contributed by atoms with van der Waals surface area (Å²) in [6.45, 7) is 29.9. The summed E-state index contributed by atoms with van der Waals surface area (Å²) >= 11 is 1.50. The van der Waals surface area contributed by atoms with Crippen LogP contribution >= 0.6 is 11.3 Å². The van der Waals surface area contributed by atoms with Gasteiger partial charge in [-0.25, -0.2) is 10.4 Å². The largest absolute Gasteiger partial charge is 0.483 e. The summed E-state index contributed by atoms with van der Waals surface area (Å²) in [7, 11) is 3.40. The molecule has 5 heterocycles. The van der Waals surface area contributed by atoms with E-state index in [2.05, 4.69) is 114 Å². The minimum atomic E-state index is -0.821. The molecule has 82 heavy (non-hydrogen) atoms. The Morgan fingerprint density at radius 2 is 1.50 bits per heavy atom. The summed E-state index contributed by atoms with van der Waals surface area (Å²) < 4.78 is 13.2. The average molecular weight is 1150 g/mol. The fourth-order valence-corrected chi connectivity index (χ4v) is 11.0. The van der Waals surface area contributed by atoms with Crippen LogP contribution in [0.15, 0.2) is 72.2 Å². The first-order valence-electron chi connectivity index (χ1n) is 31.0. The number of aryl methyl sites for hydroxylation is 2. The smallest absolute Gasteiger partial charge is 0.290 e. The molecule has 0 spiro atoms. The number of pyridine rings is 1. The number of carboxylic acid groups (broad SMARTS) is 1. The van der Waals surface area contributed by atoms with Crippen molar-refractivity contribution in [3.8, 4) is 22.5 Å². The van der Waals surface area contributed by atoms with E-state index in [1.165, 1.54) is 82.5 Å². The number of hydrogen-bond acceptors (Lipinski definition) is 10. The van der Waals surface area contributed by atoms with Crippen molar-refractivity contribution in [2.75, 3.05) is 40.5 Å². The van der Waals surface area contributed by atoms with Gasteiger partial charge in [0, 0.05) is 87.0 Å². The third-order valence-electron chi connectivity index (χ3n) is 14.4. The number of carbonyl (C=O) groups is 4. The van der Waals surface area contributed by atoms with E-state index in [4.69, 9.17) is 29.3 Å². The van der Waals surface area contributed by atoms with Gasteiger partial charge in [-0.3, -0.25) is 29.2 Å². The molecule has 1 saturated carbocycles. The Labute approximate surface area is 498 Å². The molecule has 3 aliphatic rings. The van der Waals surface area contributed by atoms with E-state index in [-0.39, 0.29) is 36.7 Å². The first-order valence-corrected chi connectivity index (χ1v) is 31.9. The Bertz CT molecular complexity index is 2460. The van der Waals surface area contributed by atoms with Gasteiger partial charge in [0.25, 0.3) is 12.4 Å². The molecule has 3 N–H and O–H groups in total. The minimum Gasteiger partial charge on any atom is -0.483 e. The summed E-state index contributed by atoms with van der Waals surface area (Å²) in [6.07, 6.45) is 19.4. The lowest BCUT2D eigenvalue weighted by Crippen LogP contribution is -2.59. The molecule has 2 saturated heterocycles. The van der Waals surface area contributed by atoms with Crippen molar-refractivity contribution in [1.29, 1.82) is 0 Å². The van der Waals surface area contributed by atoms with Gasteiger partial charge in [-0.15, -0.1) is 11.3 Å². The third-order valence-corrected chi connectivity index (χ3v) is 15.3. The number of nitrogens with zero attached hydrogens (tertiary/aromatic N) is 5. The zero-order chi connectivity index (χ0) is 60.8. The maximum absolute atomic E-state index is 14.0. The highest BCUT2D eigenvalue weighted by molar-refractivity contribution is 7.10. The third kappa shape index (κ3) is 24.4. The number of amides is 3. The van der Waals surface area contributed by atoms with Gasteiger partial charge in [0.05, 0.1) is 28.2 Å². The molecule has 2 aromatic carbocycles. The van der Waals surface area contributed by atoms with Crippen molar-refractivity contribution in [2.24, 2.45) is 17.8 Å². The number of fused-ring (bicyclic) bond motifs is 1. The number of ether oxygens (including phenoxy) is 2. The number of carbonyl (C=O) groups excluding carboxylic acids is 3. The average Bonchev–Trinajstić information content (AvgIpc) is 4.56. The van der Waals surface area contributed by atoms with E-state index >= 15 is 0 Å². The number of thiazole rings is 1. The summed E-state index contributed by atoms with van der Waals surface area (Å²) in [4.78, 5) is 59.7. The monoisotopic (exact) mass is 1150 g/mol. The predicted octanol–water partition coefficient (Wildman–Crippen LogP) is 15.0. The van der Waals surface area contributed by atoms with Gasteiger partial charge in [-0.2, -0.15) is 0 Å². The summed E-state index contributed by atoms with van der Waals surface area (Å²) in [5, 5.41) is 15.6. The summed E-state index contributed by atoms with van der Waals surface area (Å²) in [6, 6.07) is 19.5. The molecule has 2 aliphatic heterocycles. The Kier molecular flexibility index (Phi) is 37.5. The number of benzene rings is 2. The van der Waals surface area contributed by atoms with Crippen LogP contribution in [-0.2, 0) is 54.5 Å². The number of unbranched alkanes of at least 4 members (excludes halogenated alkanes) is 1. The zero-order valence-electron chi connectivity index (χ0n) is 52.9. The highest BCUT2D eigenvalue weighted by Gasteiger charge is 2.37. The van der Waals surface area contributed by atoms with Gasteiger partial charge < -0.3 is 29.4 Å². The molecule has 0 radical (unpaired) electrons. The van der Waals surface area contributed by atoms with E-state index in [0.717, 1.165) is 117 Å². The normalized spacial score (nSPS) is 14.8. The second-order valence-corrected chi connectivity index (χ2v) is 22.8. The second-order valence-electron chi connectivity index (χ2n) is 21.8. The first-order chi connectivity index (χ1) is 39.7. The van der Waals surface area contributed by atoms with E-state index in [0.29, 0.717) is 19.0 Å². The van der Waals surface area contributed by atoms with Gasteiger partial charge in [0.2, 0.25) is 12.3 Å². The van der Waals surface area contributed by atoms with E-state index in [1.54, 1.807) is 19.2 Å². The van der Waals surface area contributed by atoms with Gasteiger partial charge in [-0.1, -0.05) is 157 Å². The van der Waals surface area contributed by atoms with E-state index in [9.17, 15) is 14.4 Å². The summed E-state index contributed by atoms with van der Waals surface area (Å²) in [5.41, 5.74) is 12.1. The molecule has 15 heteroatoms. The number of likely N-dealkylation sites (N-methyl/N-ethyl adjacent to an activating group) is 1. The maximum atomic E-state index is 14.0. The van der Waals surface area contributed by atoms with Crippen LogP contribution in [0.1, 0.15) is 194 Å². The van der Waals surface area contributed by atoms with Gasteiger partial charge in [-0.05, 0) is 112 Å². The lowest BCUT2D eigenvalue weighted by Gasteiger charge is -2.33. The molecule has 3 amide bonds. The molecule has 8 rings (SSSR count). The fraction of sp³-hybridized carbons (Fsp3) is 0.612. The van der Waals surface area contributed by atoms with Gasteiger partial charge in [0.1, 0.15) is 12.1 Å². The molecule has 0 bridgehead atoms. The molecule has 14 nitrogen and oxygen atoms in total.